The van der Waals surface area contributed by atoms with Gasteiger partial charge in [-0.25, -0.2) is 9.59 Å². The second-order valence-corrected chi connectivity index (χ2v) is 7.33. The van der Waals surface area contributed by atoms with E-state index in [1.165, 1.54) is 25.3 Å². The highest BCUT2D eigenvalue weighted by atomic mass is 16.6. The highest BCUT2D eigenvalue weighted by molar-refractivity contribution is 5.98. The van der Waals surface area contributed by atoms with Crippen molar-refractivity contribution in [1.82, 2.24) is 4.90 Å². The van der Waals surface area contributed by atoms with Crippen molar-refractivity contribution in [3.8, 4) is 0 Å². The van der Waals surface area contributed by atoms with Crippen molar-refractivity contribution in [2.24, 2.45) is 0 Å². The van der Waals surface area contributed by atoms with Gasteiger partial charge in [-0.05, 0) is 39.7 Å². The minimum absolute atomic E-state index is 0.112. The number of nitro groups is 1. The van der Waals surface area contributed by atoms with E-state index in [9.17, 15) is 19.7 Å². The maximum atomic E-state index is 12.1. The molecule has 1 aromatic rings. The molecular weight excluding hydrogens is 354 g/mol. The predicted octanol–water partition coefficient (Wildman–Crippen LogP) is 3.19. The number of piperidine rings is 1. The molecule has 1 aliphatic rings. The Hall–Kier alpha value is -2.84. The second-order valence-electron chi connectivity index (χ2n) is 7.33. The molecule has 1 heterocycles. The van der Waals surface area contributed by atoms with Crippen LogP contribution in [0.25, 0.3) is 0 Å². The van der Waals surface area contributed by atoms with Gasteiger partial charge in [0.15, 0.2) is 0 Å². The van der Waals surface area contributed by atoms with E-state index < -0.39 is 16.5 Å². The van der Waals surface area contributed by atoms with E-state index in [0.717, 1.165) is 0 Å². The Labute approximate surface area is 157 Å². The Balaban J connectivity index is 2.10. The van der Waals surface area contributed by atoms with Crippen LogP contribution >= 0.6 is 0 Å². The molecule has 0 atom stereocenters. The first-order chi connectivity index (χ1) is 12.6. The number of benzene rings is 1. The Kier molecular flexibility index (Phi) is 6.24. The molecule has 0 bridgehead atoms. The van der Waals surface area contributed by atoms with Crippen molar-refractivity contribution in [2.75, 3.05) is 25.5 Å². The number of hydrogen-bond acceptors (Lipinski definition) is 7. The summed E-state index contributed by atoms with van der Waals surface area (Å²) in [5.74, 6) is -0.646. The van der Waals surface area contributed by atoms with E-state index in [1.54, 1.807) is 4.90 Å². The molecule has 148 valence electrons. The molecule has 1 amide bonds. The van der Waals surface area contributed by atoms with E-state index in [0.29, 0.717) is 25.9 Å². The van der Waals surface area contributed by atoms with Gasteiger partial charge in [-0.2, -0.15) is 0 Å². The topological polar surface area (TPSA) is 111 Å². The lowest BCUT2D eigenvalue weighted by atomic mass is 10.0. The Morgan fingerprint density at radius 3 is 2.41 bits per heavy atom. The number of hydrogen-bond donors (Lipinski definition) is 1. The van der Waals surface area contributed by atoms with Gasteiger partial charge in [-0.3, -0.25) is 10.1 Å². The molecule has 27 heavy (non-hydrogen) atoms. The van der Waals surface area contributed by atoms with Gasteiger partial charge in [0, 0.05) is 25.2 Å². The van der Waals surface area contributed by atoms with Gasteiger partial charge in [0.05, 0.1) is 17.6 Å². The summed E-state index contributed by atoms with van der Waals surface area (Å²) in [6.45, 7) is 6.34. The predicted molar refractivity (Wildman–Crippen MR) is 98.9 cm³/mol. The molecule has 0 unspecified atom stereocenters. The van der Waals surface area contributed by atoms with Crippen LogP contribution in [0.1, 0.15) is 44.0 Å². The van der Waals surface area contributed by atoms with Crippen LogP contribution in [0.5, 0.6) is 0 Å². The number of carbonyl (C=O) groups excluding carboxylic acids is 2. The molecule has 0 radical (unpaired) electrons. The van der Waals surface area contributed by atoms with Crippen LogP contribution < -0.4 is 5.32 Å². The fourth-order valence-corrected chi connectivity index (χ4v) is 2.86. The van der Waals surface area contributed by atoms with Gasteiger partial charge in [0.1, 0.15) is 11.3 Å². The maximum absolute atomic E-state index is 12.1. The second kappa shape index (κ2) is 8.24. The van der Waals surface area contributed by atoms with Crippen LogP contribution in [0.4, 0.5) is 16.2 Å². The van der Waals surface area contributed by atoms with Crippen molar-refractivity contribution < 1.29 is 24.0 Å². The number of ether oxygens (including phenoxy) is 2. The monoisotopic (exact) mass is 379 g/mol. The lowest BCUT2D eigenvalue weighted by molar-refractivity contribution is -0.384. The molecule has 1 aliphatic heterocycles. The zero-order valence-electron chi connectivity index (χ0n) is 16.0. The summed E-state index contributed by atoms with van der Waals surface area (Å²) in [5.41, 5.74) is -0.495. The number of likely N-dealkylation sites (tertiary alicyclic amines) is 1. The van der Waals surface area contributed by atoms with E-state index >= 15 is 0 Å². The number of nitrogens with zero attached hydrogens (tertiary/aromatic N) is 2. The SMILES string of the molecule is COC(=O)c1cccc([N+](=O)[O-])c1NC1CCN(C(=O)OC(C)(C)C)CC1. The lowest BCUT2D eigenvalue weighted by Gasteiger charge is -2.34. The van der Waals surface area contributed by atoms with E-state index in [-0.39, 0.29) is 29.1 Å². The smallest absolute Gasteiger partial charge is 0.410 e. The van der Waals surface area contributed by atoms with Crippen molar-refractivity contribution in [3.05, 3.63) is 33.9 Å². The first-order valence-electron chi connectivity index (χ1n) is 8.72. The summed E-state index contributed by atoms with van der Waals surface area (Å²) < 4.78 is 10.1. The minimum atomic E-state index is -0.646. The number of anilines is 1. The lowest BCUT2D eigenvalue weighted by Crippen LogP contribution is -2.44. The van der Waals surface area contributed by atoms with Crippen molar-refractivity contribution in [2.45, 2.75) is 45.3 Å². The molecule has 0 aromatic heterocycles. The number of nitro benzene ring substituents is 1. The fraction of sp³-hybridized carbons (Fsp3) is 0.556. The van der Waals surface area contributed by atoms with Crippen molar-refractivity contribution >= 4 is 23.4 Å². The first-order valence-corrected chi connectivity index (χ1v) is 8.72. The molecule has 1 N–H and O–H groups in total. The van der Waals surface area contributed by atoms with Crippen molar-refractivity contribution in [3.63, 3.8) is 0 Å². The van der Waals surface area contributed by atoms with Crippen LogP contribution in [-0.4, -0.2) is 53.7 Å². The van der Waals surface area contributed by atoms with Crippen LogP contribution in [0.15, 0.2) is 18.2 Å². The highest BCUT2D eigenvalue weighted by Crippen LogP contribution is 2.31. The summed E-state index contributed by atoms with van der Waals surface area (Å²) in [6.07, 6.45) is 0.777. The van der Waals surface area contributed by atoms with E-state index in [2.05, 4.69) is 5.32 Å². The average molecular weight is 379 g/mol. The Bertz CT molecular complexity index is 720. The van der Waals surface area contributed by atoms with Crippen LogP contribution in [0.3, 0.4) is 0 Å². The summed E-state index contributed by atoms with van der Waals surface area (Å²) in [7, 11) is 1.23. The van der Waals surface area contributed by atoms with E-state index in [4.69, 9.17) is 9.47 Å². The third-order valence-electron chi connectivity index (χ3n) is 4.14. The fourth-order valence-electron chi connectivity index (χ4n) is 2.86. The molecule has 2 rings (SSSR count). The summed E-state index contributed by atoms with van der Waals surface area (Å²) in [4.78, 5) is 36.5. The summed E-state index contributed by atoms with van der Waals surface area (Å²) >= 11 is 0. The van der Waals surface area contributed by atoms with Crippen molar-refractivity contribution in [1.29, 1.82) is 0 Å². The molecule has 1 saturated heterocycles. The average Bonchev–Trinajstić information content (AvgIpc) is 2.60. The molecule has 9 heteroatoms. The molecule has 1 fully saturated rings. The number of amides is 1. The Morgan fingerprint density at radius 1 is 1.26 bits per heavy atom. The molecule has 9 nitrogen and oxygen atoms in total. The number of carbonyl (C=O) groups is 2. The number of methoxy groups -OCH3 is 1. The number of rotatable bonds is 4. The quantitative estimate of drug-likeness (QED) is 0.486. The van der Waals surface area contributed by atoms with Crippen LogP contribution in [-0.2, 0) is 9.47 Å². The molecule has 0 aliphatic carbocycles. The van der Waals surface area contributed by atoms with Gasteiger partial charge in [-0.1, -0.05) is 6.07 Å². The third-order valence-corrected chi connectivity index (χ3v) is 4.14. The van der Waals surface area contributed by atoms with Gasteiger partial charge < -0.3 is 19.7 Å². The van der Waals surface area contributed by atoms with Gasteiger partial charge >= 0.3 is 12.1 Å². The largest absolute Gasteiger partial charge is 0.465 e. The standard InChI is InChI=1S/C18H25N3O6/c1-18(2,3)27-17(23)20-10-8-12(9-11-20)19-15-13(16(22)26-4)6-5-7-14(15)21(24)25/h5-7,12,19H,8-11H2,1-4H3. The highest BCUT2D eigenvalue weighted by Gasteiger charge is 2.29. The maximum Gasteiger partial charge on any atom is 0.410 e. The first kappa shape index (κ1) is 20.5. The summed E-state index contributed by atoms with van der Waals surface area (Å²) in [6, 6.07) is 4.15. The number of esters is 1. The van der Waals surface area contributed by atoms with Crippen LogP contribution in [0, 0.1) is 10.1 Å². The molecule has 0 spiro atoms. The third kappa shape index (κ3) is 5.32. The molecule has 1 aromatic carbocycles. The van der Waals surface area contributed by atoms with Gasteiger partial charge in [0.2, 0.25) is 0 Å². The minimum Gasteiger partial charge on any atom is -0.465 e. The van der Waals surface area contributed by atoms with Gasteiger partial charge in [0.25, 0.3) is 5.69 Å². The zero-order valence-corrected chi connectivity index (χ0v) is 16.0. The number of nitrogens with one attached hydrogen (secondary N) is 1. The summed E-state index contributed by atoms with van der Waals surface area (Å²) in [5, 5.41) is 14.4. The molecule has 0 saturated carbocycles. The van der Waals surface area contributed by atoms with Gasteiger partial charge in [-0.15, -0.1) is 0 Å². The van der Waals surface area contributed by atoms with Crippen LogP contribution in [0.2, 0.25) is 0 Å². The van der Waals surface area contributed by atoms with E-state index in [1.807, 2.05) is 20.8 Å². The normalized spacial score (nSPS) is 15.2. The Morgan fingerprint density at radius 2 is 1.89 bits per heavy atom. The molecular formula is C18H25N3O6. The zero-order chi connectivity index (χ0) is 20.2. The number of para-hydroxylation sites is 1.